The highest BCUT2D eigenvalue weighted by atomic mass is 16.5. The van der Waals surface area contributed by atoms with Gasteiger partial charge in [-0.25, -0.2) is 4.79 Å². The Morgan fingerprint density at radius 3 is 3.04 bits per heavy atom. The van der Waals surface area contributed by atoms with Crippen molar-refractivity contribution >= 4 is 11.7 Å². The minimum atomic E-state index is -0.177. The van der Waals surface area contributed by atoms with Crippen LogP contribution in [0.25, 0.3) is 0 Å². The van der Waals surface area contributed by atoms with Gasteiger partial charge >= 0.3 is 5.97 Å². The topological polar surface area (TPSA) is 41.6 Å². The van der Waals surface area contributed by atoms with Gasteiger partial charge in [0.15, 0.2) is 0 Å². The van der Waals surface area contributed by atoms with Crippen molar-refractivity contribution < 1.29 is 9.53 Å². The minimum Gasteiger partial charge on any atom is -0.466 e. The maximum absolute atomic E-state index is 12.6. The summed E-state index contributed by atoms with van der Waals surface area (Å²) in [6, 6.07) is 9.02. The second kappa shape index (κ2) is 5.21. The number of methoxy groups -OCH3 is 1. The molecule has 4 heteroatoms. The SMILES string of the molecule is CCC1=C[C@H]2CC(C(=O)OC)=C3Nc4ccccc4[C@@]34CCN(C1)[C@@H]24. The number of benzene rings is 1. The Labute approximate surface area is 148 Å². The van der Waals surface area contributed by atoms with Gasteiger partial charge in [0.2, 0.25) is 0 Å². The molecule has 0 aromatic heterocycles. The van der Waals surface area contributed by atoms with Gasteiger partial charge in [-0.15, -0.1) is 0 Å². The van der Waals surface area contributed by atoms with Crippen LogP contribution in [0, 0.1) is 5.92 Å². The first-order valence-corrected chi connectivity index (χ1v) is 9.31. The quantitative estimate of drug-likeness (QED) is 0.665. The first kappa shape index (κ1) is 15.2. The summed E-state index contributed by atoms with van der Waals surface area (Å²) in [5.74, 6) is 0.209. The summed E-state index contributed by atoms with van der Waals surface area (Å²) < 4.78 is 5.16. The number of fused-ring (bicyclic) bond motifs is 1. The number of anilines is 1. The normalized spacial score (nSPS) is 32.5. The van der Waals surface area contributed by atoms with Crippen molar-refractivity contribution in [2.24, 2.45) is 5.92 Å². The zero-order valence-corrected chi connectivity index (χ0v) is 14.8. The molecular formula is C21H24N2O2. The van der Waals surface area contributed by atoms with Crippen LogP contribution in [0.15, 0.2) is 47.2 Å². The van der Waals surface area contributed by atoms with Gasteiger partial charge in [0.1, 0.15) is 0 Å². The lowest BCUT2D eigenvalue weighted by atomic mass is 9.62. The van der Waals surface area contributed by atoms with E-state index < -0.39 is 0 Å². The number of hydrogen-bond acceptors (Lipinski definition) is 4. The van der Waals surface area contributed by atoms with Gasteiger partial charge in [-0.2, -0.15) is 0 Å². The fourth-order valence-corrected chi connectivity index (χ4v) is 5.76. The van der Waals surface area contributed by atoms with E-state index in [1.807, 2.05) is 0 Å². The zero-order chi connectivity index (χ0) is 17.2. The van der Waals surface area contributed by atoms with Crippen LogP contribution in [-0.4, -0.2) is 37.1 Å². The van der Waals surface area contributed by atoms with Gasteiger partial charge in [0.05, 0.1) is 18.1 Å². The third-order valence-electron chi connectivity index (χ3n) is 6.69. The maximum atomic E-state index is 12.6. The van der Waals surface area contributed by atoms with Crippen molar-refractivity contribution in [3.63, 3.8) is 0 Å². The van der Waals surface area contributed by atoms with E-state index >= 15 is 0 Å². The molecule has 1 spiro atoms. The molecule has 1 fully saturated rings. The van der Waals surface area contributed by atoms with Gasteiger partial charge in [-0.3, -0.25) is 4.90 Å². The molecule has 5 rings (SSSR count). The Hall–Kier alpha value is -2.07. The van der Waals surface area contributed by atoms with Crippen LogP contribution in [0.1, 0.15) is 31.7 Å². The molecule has 4 nitrogen and oxygen atoms in total. The summed E-state index contributed by atoms with van der Waals surface area (Å²) in [5.41, 5.74) is 5.89. The average Bonchev–Trinajstić information content (AvgIpc) is 3.20. The highest BCUT2D eigenvalue weighted by Crippen LogP contribution is 2.60. The van der Waals surface area contributed by atoms with E-state index in [1.165, 1.54) is 18.2 Å². The average molecular weight is 336 g/mol. The number of nitrogens with zero attached hydrogens (tertiary/aromatic N) is 1. The van der Waals surface area contributed by atoms with Crippen LogP contribution in [0.3, 0.4) is 0 Å². The van der Waals surface area contributed by atoms with E-state index in [4.69, 9.17) is 4.74 Å². The molecule has 0 saturated carbocycles. The summed E-state index contributed by atoms with van der Waals surface area (Å²) >= 11 is 0. The van der Waals surface area contributed by atoms with E-state index in [1.54, 1.807) is 0 Å². The third kappa shape index (κ3) is 1.83. The summed E-state index contributed by atoms with van der Waals surface area (Å²) in [5, 5.41) is 3.61. The lowest BCUT2D eigenvalue weighted by Crippen LogP contribution is -2.53. The van der Waals surface area contributed by atoms with Gasteiger partial charge in [0, 0.05) is 30.5 Å². The predicted octanol–water partition coefficient (Wildman–Crippen LogP) is 3.22. The molecule has 1 N–H and O–H groups in total. The molecule has 0 radical (unpaired) electrons. The number of carbonyl (C=O) groups excluding carboxylic acids is 1. The summed E-state index contributed by atoms with van der Waals surface area (Å²) in [6.07, 6.45) is 5.38. The van der Waals surface area contributed by atoms with Crippen molar-refractivity contribution in [2.45, 2.75) is 37.6 Å². The van der Waals surface area contributed by atoms with Crippen molar-refractivity contribution in [1.29, 1.82) is 0 Å². The van der Waals surface area contributed by atoms with E-state index in [9.17, 15) is 4.79 Å². The van der Waals surface area contributed by atoms with E-state index in [0.29, 0.717) is 12.0 Å². The monoisotopic (exact) mass is 336 g/mol. The smallest absolute Gasteiger partial charge is 0.335 e. The number of para-hydroxylation sites is 1. The molecule has 1 aromatic rings. The lowest BCUT2D eigenvalue weighted by molar-refractivity contribution is -0.136. The number of rotatable bonds is 2. The molecule has 1 aliphatic carbocycles. The van der Waals surface area contributed by atoms with Crippen molar-refractivity contribution in [3.05, 3.63) is 52.7 Å². The lowest BCUT2D eigenvalue weighted by Gasteiger charge is -2.47. The first-order valence-electron chi connectivity index (χ1n) is 9.31. The molecule has 4 aliphatic rings. The van der Waals surface area contributed by atoms with Crippen LogP contribution in [0.2, 0.25) is 0 Å². The van der Waals surface area contributed by atoms with Crippen LogP contribution < -0.4 is 5.32 Å². The zero-order valence-electron chi connectivity index (χ0n) is 14.8. The van der Waals surface area contributed by atoms with Crippen LogP contribution in [0.4, 0.5) is 5.69 Å². The van der Waals surface area contributed by atoms with E-state index in [2.05, 4.69) is 47.5 Å². The molecular weight excluding hydrogens is 312 g/mol. The Balaban J connectivity index is 1.76. The van der Waals surface area contributed by atoms with Gasteiger partial charge in [-0.1, -0.05) is 36.8 Å². The number of hydrogen-bond donors (Lipinski definition) is 1. The standard InChI is InChI=1S/C21H24N2O2/c1-3-13-10-14-11-15(20(24)25-2)18-21(8-9-23(12-13)19(14)21)16-6-4-5-7-17(16)22-18/h4-7,10,14,19,22H,3,8-9,11-12H2,1-2H3/t14-,19-,21-/m0/s1. The number of ether oxygens (including phenoxy) is 1. The third-order valence-corrected chi connectivity index (χ3v) is 6.69. The molecule has 25 heavy (non-hydrogen) atoms. The van der Waals surface area contributed by atoms with Crippen molar-refractivity contribution in [2.75, 3.05) is 25.5 Å². The second-order valence-corrected chi connectivity index (χ2v) is 7.70. The van der Waals surface area contributed by atoms with Crippen LogP contribution >= 0.6 is 0 Å². The Kier molecular flexibility index (Phi) is 3.17. The van der Waals surface area contributed by atoms with Gasteiger partial charge in [0.25, 0.3) is 0 Å². The summed E-state index contributed by atoms with van der Waals surface area (Å²) in [6.45, 7) is 4.39. The number of nitrogens with one attached hydrogen (secondary N) is 1. The molecule has 0 amide bonds. The molecule has 3 heterocycles. The molecule has 1 aromatic carbocycles. The molecule has 0 bridgehead atoms. The largest absolute Gasteiger partial charge is 0.466 e. The molecule has 130 valence electrons. The molecule has 3 aliphatic heterocycles. The number of carbonyl (C=O) groups is 1. The summed E-state index contributed by atoms with van der Waals surface area (Å²) in [4.78, 5) is 15.3. The predicted molar refractivity (Wildman–Crippen MR) is 97.2 cm³/mol. The Bertz CT molecular complexity index is 825. The van der Waals surface area contributed by atoms with Crippen LogP contribution in [0.5, 0.6) is 0 Å². The van der Waals surface area contributed by atoms with E-state index in [0.717, 1.165) is 49.3 Å². The second-order valence-electron chi connectivity index (χ2n) is 7.70. The highest BCUT2D eigenvalue weighted by Gasteiger charge is 2.61. The highest BCUT2D eigenvalue weighted by molar-refractivity contribution is 5.93. The summed E-state index contributed by atoms with van der Waals surface area (Å²) in [7, 11) is 1.49. The van der Waals surface area contributed by atoms with Gasteiger partial charge in [-0.05, 0) is 36.8 Å². The Morgan fingerprint density at radius 1 is 1.40 bits per heavy atom. The molecule has 3 atom stereocenters. The maximum Gasteiger partial charge on any atom is 0.335 e. The van der Waals surface area contributed by atoms with E-state index in [-0.39, 0.29) is 11.4 Å². The van der Waals surface area contributed by atoms with Crippen molar-refractivity contribution in [3.8, 4) is 0 Å². The van der Waals surface area contributed by atoms with Gasteiger partial charge < -0.3 is 10.1 Å². The fourth-order valence-electron chi connectivity index (χ4n) is 5.76. The minimum absolute atomic E-state index is 0.0845. The Morgan fingerprint density at radius 2 is 2.24 bits per heavy atom. The van der Waals surface area contributed by atoms with Crippen molar-refractivity contribution in [1.82, 2.24) is 4.90 Å². The molecule has 0 unspecified atom stereocenters. The fraction of sp³-hybridized carbons (Fsp3) is 0.476. The molecule has 1 saturated heterocycles. The van der Waals surface area contributed by atoms with Crippen LogP contribution in [-0.2, 0) is 14.9 Å². The first-order chi connectivity index (χ1) is 12.2. The number of esters is 1.